The molecule has 1 aliphatic rings. The van der Waals surface area contributed by atoms with Gasteiger partial charge in [-0.3, -0.25) is 9.59 Å². The van der Waals surface area contributed by atoms with Crippen LogP contribution in [0, 0.1) is 0 Å². The molecule has 1 amide bonds. The zero-order valence-electron chi connectivity index (χ0n) is 20.6. The molecule has 1 fully saturated rings. The highest BCUT2D eigenvalue weighted by Crippen LogP contribution is 2.44. The first kappa shape index (κ1) is 26.4. The van der Waals surface area contributed by atoms with Gasteiger partial charge < -0.3 is 29.1 Å². The number of nitrogens with zero attached hydrogens (tertiary/aromatic N) is 2. The molecule has 188 valence electrons. The molecule has 0 aromatic heterocycles. The minimum atomic E-state index is -0.868. The summed E-state index contributed by atoms with van der Waals surface area (Å²) in [4.78, 5) is 29.9. The number of Topliss-reactive ketones (excluding diaryl/α,β-unsaturated/α-hetero) is 1. The molecular weight excluding hydrogens is 472 g/mol. The Kier molecular flexibility index (Phi) is 8.64. The largest absolute Gasteiger partial charge is 0.507 e. The molecule has 1 atom stereocenters. The summed E-state index contributed by atoms with van der Waals surface area (Å²) in [5, 5.41) is 11.6. The second-order valence-corrected chi connectivity index (χ2v) is 8.74. The van der Waals surface area contributed by atoms with Crippen LogP contribution in [0.1, 0.15) is 30.5 Å². The third kappa shape index (κ3) is 5.55. The number of carbonyl (C=O) groups excluding carboxylic acids is 2. The Morgan fingerprint density at radius 3 is 2.40 bits per heavy atom. The van der Waals surface area contributed by atoms with E-state index >= 15 is 0 Å². The number of rotatable bonds is 10. The maximum Gasteiger partial charge on any atom is 0.295 e. The first-order valence-corrected chi connectivity index (χ1v) is 11.7. The number of aliphatic hydroxyl groups is 1. The Bertz CT molecular complexity index is 1130. The van der Waals surface area contributed by atoms with Crippen molar-refractivity contribution in [1.29, 1.82) is 0 Å². The highest BCUT2D eigenvalue weighted by Gasteiger charge is 2.47. The van der Waals surface area contributed by atoms with Crippen LogP contribution < -0.4 is 14.2 Å². The Morgan fingerprint density at radius 2 is 1.80 bits per heavy atom. The lowest BCUT2D eigenvalue weighted by molar-refractivity contribution is -0.140. The van der Waals surface area contributed by atoms with Crippen molar-refractivity contribution in [2.24, 2.45) is 0 Å². The van der Waals surface area contributed by atoms with Crippen LogP contribution in [0.3, 0.4) is 0 Å². The smallest absolute Gasteiger partial charge is 0.295 e. The molecule has 0 aliphatic carbocycles. The molecule has 0 spiro atoms. The van der Waals surface area contributed by atoms with Crippen LogP contribution in [0.4, 0.5) is 0 Å². The fourth-order valence-electron chi connectivity index (χ4n) is 4.12. The quantitative estimate of drug-likeness (QED) is 0.297. The topological polar surface area (TPSA) is 88.5 Å². The van der Waals surface area contributed by atoms with E-state index in [1.807, 2.05) is 25.9 Å². The van der Waals surface area contributed by atoms with E-state index in [4.69, 9.17) is 25.8 Å². The van der Waals surface area contributed by atoms with Crippen molar-refractivity contribution in [3.63, 3.8) is 0 Å². The van der Waals surface area contributed by atoms with Crippen molar-refractivity contribution < 1.29 is 28.9 Å². The zero-order valence-corrected chi connectivity index (χ0v) is 21.4. The summed E-state index contributed by atoms with van der Waals surface area (Å²) < 4.78 is 16.4. The Hall–Kier alpha value is -3.23. The van der Waals surface area contributed by atoms with Crippen LogP contribution >= 0.6 is 11.6 Å². The molecule has 35 heavy (non-hydrogen) atoms. The zero-order chi connectivity index (χ0) is 25.7. The Labute approximate surface area is 210 Å². The van der Waals surface area contributed by atoms with Crippen molar-refractivity contribution in [1.82, 2.24) is 9.80 Å². The molecule has 9 heteroatoms. The molecule has 2 aromatic rings. The van der Waals surface area contributed by atoms with Gasteiger partial charge in [0.1, 0.15) is 23.0 Å². The number of ketones is 1. The van der Waals surface area contributed by atoms with Gasteiger partial charge in [-0.05, 0) is 70.4 Å². The number of halogens is 1. The fraction of sp³-hybridized carbons (Fsp3) is 0.385. The van der Waals surface area contributed by atoms with Gasteiger partial charge in [-0.25, -0.2) is 0 Å². The summed E-state index contributed by atoms with van der Waals surface area (Å²) in [6.45, 7) is 3.30. The molecule has 3 rings (SSSR count). The number of benzene rings is 2. The third-order valence-electron chi connectivity index (χ3n) is 5.78. The van der Waals surface area contributed by atoms with E-state index in [9.17, 15) is 14.7 Å². The fourth-order valence-corrected chi connectivity index (χ4v) is 4.36. The van der Waals surface area contributed by atoms with Gasteiger partial charge in [0, 0.05) is 17.7 Å². The molecule has 0 radical (unpaired) electrons. The maximum atomic E-state index is 13.3. The van der Waals surface area contributed by atoms with Gasteiger partial charge in [0.2, 0.25) is 0 Å². The lowest BCUT2D eigenvalue weighted by Gasteiger charge is -2.27. The predicted octanol–water partition coefficient (Wildman–Crippen LogP) is 4.13. The Morgan fingerprint density at radius 1 is 1.09 bits per heavy atom. The number of ether oxygens (including phenoxy) is 3. The summed E-state index contributed by atoms with van der Waals surface area (Å²) in [6, 6.07) is 9.02. The van der Waals surface area contributed by atoms with Gasteiger partial charge in [-0.1, -0.05) is 11.6 Å². The summed E-state index contributed by atoms with van der Waals surface area (Å²) in [5.74, 6) is -0.321. The second-order valence-electron chi connectivity index (χ2n) is 8.34. The number of likely N-dealkylation sites (tertiary alicyclic amines) is 1. The SMILES string of the molecule is CCOc1ccc(/C(O)=C2\C(=O)C(=O)N(CCCN(C)C)[C@@H]2c2cc(OC)ccc2OC)cc1Cl. The van der Waals surface area contributed by atoms with Crippen molar-refractivity contribution in [2.45, 2.75) is 19.4 Å². The van der Waals surface area contributed by atoms with Crippen LogP contribution in [0.5, 0.6) is 17.2 Å². The van der Waals surface area contributed by atoms with Crippen LogP contribution in [0.25, 0.3) is 5.76 Å². The first-order valence-electron chi connectivity index (χ1n) is 11.3. The molecule has 1 heterocycles. The number of carbonyl (C=O) groups is 2. The number of aliphatic hydroxyl groups excluding tert-OH is 1. The van der Waals surface area contributed by atoms with Crippen molar-refractivity contribution >= 4 is 29.1 Å². The summed E-state index contributed by atoms with van der Waals surface area (Å²) in [5.41, 5.74) is 0.803. The van der Waals surface area contributed by atoms with Gasteiger partial charge in [0.15, 0.2) is 0 Å². The monoisotopic (exact) mass is 502 g/mol. The minimum absolute atomic E-state index is 0.0355. The van der Waals surface area contributed by atoms with Gasteiger partial charge >= 0.3 is 0 Å². The number of amides is 1. The molecule has 1 aliphatic heterocycles. The number of methoxy groups -OCH3 is 2. The van der Waals surface area contributed by atoms with E-state index in [0.29, 0.717) is 47.9 Å². The van der Waals surface area contributed by atoms with Gasteiger partial charge in [0.25, 0.3) is 11.7 Å². The normalized spacial score (nSPS) is 17.2. The minimum Gasteiger partial charge on any atom is -0.507 e. The standard InChI is InChI=1S/C26H31ClN2O6/c1-6-35-21-10-8-16(14-19(21)27)24(30)22-23(18-15-17(33-4)9-11-20(18)34-5)29(26(32)25(22)31)13-7-12-28(2)3/h8-11,14-15,23,30H,6-7,12-13H2,1-5H3/b24-22+/t23-/m1/s1. The average Bonchev–Trinajstić information content (AvgIpc) is 3.09. The molecule has 0 bridgehead atoms. The highest BCUT2D eigenvalue weighted by atomic mass is 35.5. The van der Waals surface area contributed by atoms with Crippen molar-refractivity contribution in [2.75, 3.05) is 48.0 Å². The molecule has 1 N–H and O–H groups in total. The van der Waals surface area contributed by atoms with Crippen LogP contribution in [-0.2, 0) is 9.59 Å². The van der Waals surface area contributed by atoms with Crippen molar-refractivity contribution in [3.8, 4) is 17.2 Å². The molecule has 2 aromatic carbocycles. The lowest BCUT2D eigenvalue weighted by Crippen LogP contribution is -2.32. The summed E-state index contributed by atoms with van der Waals surface area (Å²) in [6.07, 6.45) is 0.637. The molecule has 0 unspecified atom stereocenters. The van der Waals surface area contributed by atoms with Gasteiger partial charge in [-0.15, -0.1) is 0 Å². The summed E-state index contributed by atoms with van der Waals surface area (Å²) in [7, 11) is 6.91. The molecular formula is C26H31ClN2O6. The van der Waals surface area contributed by atoms with Crippen LogP contribution in [0.15, 0.2) is 42.0 Å². The lowest BCUT2D eigenvalue weighted by atomic mass is 9.94. The van der Waals surface area contributed by atoms with Gasteiger partial charge in [0.05, 0.1) is 37.5 Å². The van der Waals surface area contributed by atoms with E-state index in [-0.39, 0.29) is 16.4 Å². The maximum absolute atomic E-state index is 13.3. The summed E-state index contributed by atoms with van der Waals surface area (Å²) >= 11 is 6.33. The van der Waals surface area contributed by atoms with Crippen LogP contribution in [-0.4, -0.2) is 74.6 Å². The average molecular weight is 503 g/mol. The Balaban J connectivity index is 2.18. The van der Waals surface area contributed by atoms with Gasteiger partial charge in [-0.2, -0.15) is 0 Å². The third-order valence-corrected chi connectivity index (χ3v) is 6.08. The molecule has 8 nitrogen and oxygen atoms in total. The van der Waals surface area contributed by atoms with E-state index in [1.54, 1.807) is 30.3 Å². The van der Waals surface area contributed by atoms with Crippen LogP contribution in [0.2, 0.25) is 5.02 Å². The first-order chi connectivity index (χ1) is 16.7. The van der Waals surface area contributed by atoms with E-state index in [0.717, 1.165) is 6.54 Å². The van der Waals surface area contributed by atoms with E-state index in [2.05, 4.69) is 0 Å². The van der Waals surface area contributed by atoms with Crippen molar-refractivity contribution in [3.05, 3.63) is 58.1 Å². The molecule has 1 saturated heterocycles. The second kappa shape index (κ2) is 11.5. The number of hydrogen-bond acceptors (Lipinski definition) is 7. The van der Waals surface area contributed by atoms with E-state index < -0.39 is 17.7 Å². The highest BCUT2D eigenvalue weighted by molar-refractivity contribution is 6.46. The van der Waals surface area contributed by atoms with E-state index in [1.165, 1.54) is 25.2 Å². The predicted molar refractivity (Wildman–Crippen MR) is 134 cm³/mol. The molecule has 0 saturated carbocycles. The number of hydrogen-bond donors (Lipinski definition) is 1.